The normalized spacial score (nSPS) is 10.2. The summed E-state index contributed by atoms with van der Waals surface area (Å²) in [6.07, 6.45) is 0. The number of fused-ring (bicyclic) bond motifs is 1. The average molecular weight is 450 g/mol. The third-order valence-electron chi connectivity index (χ3n) is 3.20. The number of aryl methyl sites for hydroxylation is 2. The number of carbonyl (C=O) groups is 1. The molecule has 2 aromatic carbocycles. The van der Waals surface area contributed by atoms with E-state index in [0.717, 1.165) is 16.3 Å². The molecule has 21 heavy (non-hydrogen) atoms. The molecule has 0 radical (unpaired) electrons. The standard InChI is InChI=1S/C14H12N5O.W/c1-9-11-6-4-3-5-10(11)7-8-12(9)13(20)15-14-16-17-18-19(14)2;/h3-6,8H,1-2H3,(H,15,16,18,20);/q-1;. The number of anilines is 1. The number of hydrogen-bond donors (Lipinski definition) is 1. The van der Waals surface area contributed by atoms with E-state index in [1.807, 2.05) is 31.2 Å². The van der Waals surface area contributed by atoms with E-state index in [1.165, 1.54) is 4.68 Å². The van der Waals surface area contributed by atoms with Gasteiger partial charge in [-0.1, -0.05) is 24.2 Å². The van der Waals surface area contributed by atoms with Gasteiger partial charge in [0.15, 0.2) is 0 Å². The van der Waals surface area contributed by atoms with Gasteiger partial charge in [0.05, 0.1) is 0 Å². The molecule has 0 atom stereocenters. The van der Waals surface area contributed by atoms with Gasteiger partial charge >= 0.3 is 0 Å². The van der Waals surface area contributed by atoms with Crippen molar-refractivity contribution >= 4 is 22.6 Å². The summed E-state index contributed by atoms with van der Waals surface area (Å²) >= 11 is 0. The van der Waals surface area contributed by atoms with Crippen LogP contribution in [0.3, 0.4) is 0 Å². The van der Waals surface area contributed by atoms with E-state index in [-0.39, 0.29) is 27.0 Å². The van der Waals surface area contributed by atoms with Crippen molar-refractivity contribution in [3.05, 3.63) is 47.5 Å². The van der Waals surface area contributed by atoms with E-state index in [1.54, 1.807) is 13.1 Å². The molecule has 1 N–H and O–H groups in total. The fourth-order valence-corrected chi connectivity index (χ4v) is 2.08. The van der Waals surface area contributed by atoms with Crippen molar-refractivity contribution in [1.82, 2.24) is 20.2 Å². The van der Waals surface area contributed by atoms with Crippen molar-refractivity contribution in [2.45, 2.75) is 6.92 Å². The summed E-state index contributed by atoms with van der Waals surface area (Å²) in [5.41, 5.74) is 1.47. The molecule has 0 aliphatic heterocycles. The molecule has 0 fully saturated rings. The third-order valence-corrected chi connectivity index (χ3v) is 3.20. The van der Waals surface area contributed by atoms with Gasteiger partial charge in [-0.2, -0.15) is 0 Å². The Labute approximate surface area is 135 Å². The summed E-state index contributed by atoms with van der Waals surface area (Å²) in [4.78, 5) is 12.3. The van der Waals surface area contributed by atoms with Gasteiger partial charge in [0.2, 0.25) is 11.9 Å². The van der Waals surface area contributed by atoms with Gasteiger partial charge in [0.1, 0.15) is 0 Å². The fraction of sp³-hybridized carbons (Fsp3) is 0.143. The number of aromatic nitrogens is 4. The molecule has 0 saturated heterocycles. The molecule has 0 bridgehead atoms. The van der Waals surface area contributed by atoms with Crippen LogP contribution in [-0.2, 0) is 28.1 Å². The first-order valence-corrected chi connectivity index (χ1v) is 6.10. The minimum absolute atomic E-state index is 0. The monoisotopic (exact) mass is 450 g/mol. The molecule has 0 unspecified atom stereocenters. The molecule has 7 heteroatoms. The molecule has 3 rings (SSSR count). The molecule has 106 valence electrons. The van der Waals surface area contributed by atoms with Crippen molar-refractivity contribution in [3.8, 4) is 0 Å². The van der Waals surface area contributed by atoms with Gasteiger partial charge in [-0.15, -0.1) is 40.6 Å². The summed E-state index contributed by atoms with van der Waals surface area (Å²) in [7, 11) is 1.66. The number of amides is 1. The summed E-state index contributed by atoms with van der Waals surface area (Å²) < 4.78 is 1.40. The molecule has 1 aromatic heterocycles. The van der Waals surface area contributed by atoms with Gasteiger partial charge in [0.25, 0.3) is 0 Å². The van der Waals surface area contributed by atoms with Crippen LogP contribution < -0.4 is 5.32 Å². The molecule has 0 aliphatic carbocycles. The molecule has 3 aromatic rings. The van der Waals surface area contributed by atoms with Gasteiger partial charge in [-0.25, -0.2) is 4.68 Å². The van der Waals surface area contributed by atoms with Crippen LogP contribution in [0.15, 0.2) is 30.3 Å². The SMILES string of the molecule is Cc1c(C(=O)Nc2nnnn2C)c[c-]c2ccccc12.[W]. The second-order valence-electron chi connectivity index (χ2n) is 4.45. The number of benzene rings is 2. The van der Waals surface area contributed by atoms with E-state index in [0.29, 0.717) is 11.5 Å². The minimum atomic E-state index is -0.248. The van der Waals surface area contributed by atoms with Crippen molar-refractivity contribution in [1.29, 1.82) is 0 Å². The maximum absolute atomic E-state index is 12.3. The van der Waals surface area contributed by atoms with E-state index in [2.05, 4.69) is 26.9 Å². The third kappa shape index (κ3) is 2.85. The number of hydrogen-bond acceptors (Lipinski definition) is 4. The summed E-state index contributed by atoms with van der Waals surface area (Å²) in [5, 5.41) is 15.6. The minimum Gasteiger partial charge on any atom is -0.297 e. The summed E-state index contributed by atoms with van der Waals surface area (Å²) in [5.74, 6) is 0.0601. The predicted molar refractivity (Wildman–Crippen MR) is 74.3 cm³/mol. The predicted octanol–water partition coefficient (Wildman–Crippen LogP) is 1.72. The number of nitrogens with zero attached hydrogens (tertiary/aromatic N) is 4. The van der Waals surface area contributed by atoms with Gasteiger partial charge in [-0.05, 0) is 16.0 Å². The van der Waals surface area contributed by atoms with Crippen LogP contribution >= 0.6 is 0 Å². The van der Waals surface area contributed by atoms with E-state index < -0.39 is 0 Å². The van der Waals surface area contributed by atoms with Gasteiger partial charge < -0.3 is 0 Å². The molecule has 1 amide bonds. The quantitative estimate of drug-likeness (QED) is 0.604. The Morgan fingerprint density at radius 2 is 2.10 bits per heavy atom. The Hall–Kier alpha value is -2.07. The maximum Gasteiger partial charge on any atom is 0.248 e. The van der Waals surface area contributed by atoms with Crippen molar-refractivity contribution in [2.24, 2.45) is 7.05 Å². The van der Waals surface area contributed by atoms with E-state index in [9.17, 15) is 4.79 Å². The molecule has 0 aliphatic rings. The first-order valence-electron chi connectivity index (χ1n) is 6.10. The van der Waals surface area contributed by atoms with Crippen LogP contribution in [0.25, 0.3) is 10.8 Å². The van der Waals surface area contributed by atoms with Crippen molar-refractivity contribution < 1.29 is 25.9 Å². The summed E-state index contributed by atoms with van der Waals surface area (Å²) in [6.45, 7) is 1.92. The van der Waals surface area contributed by atoms with Crippen molar-refractivity contribution in [3.63, 3.8) is 0 Å². The Morgan fingerprint density at radius 1 is 1.33 bits per heavy atom. The van der Waals surface area contributed by atoms with Gasteiger partial charge in [-0.3, -0.25) is 10.1 Å². The second-order valence-corrected chi connectivity index (χ2v) is 4.45. The number of nitrogens with one attached hydrogen (secondary N) is 1. The zero-order chi connectivity index (χ0) is 14.1. The van der Waals surface area contributed by atoms with Crippen LogP contribution in [0.4, 0.5) is 5.95 Å². The Kier molecular flexibility index (Phi) is 4.48. The Morgan fingerprint density at radius 3 is 2.81 bits per heavy atom. The molecule has 1 heterocycles. The Bertz CT molecular complexity index is 799. The summed E-state index contributed by atoms with van der Waals surface area (Å²) in [6, 6.07) is 12.6. The maximum atomic E-state index is 12.3. The zero-order valence-corrected chi connectivity index (χ0v) is 14.4. The first-order chi connectivity index (χ1) is 9.66. The molecular formula is C14H12N5OW-. The van der Waals surface area contributed by atoms with E-state index >= 15 is 0 Å². The van der Waals surface area contributed by atoms with Crippen molar-refractivity contribution in [2.75, 3.05) is 5.32 Å². The molecule has 0 saturated carbocycles. The second kappa shape index (κ2) is 6.14. The zero-order valence-electron chi connectivity index (χ0n) is 11.5. The van der Waals surface area contributed by atoms with E-state index in [4.69, 9.17) is 0 Å². The molecule has 0 spiro atoms. The van der Waals surface area contributed by atoms with Crippen LogP contribution in [0, 0.1) is 13.0 Å². The fourth-order valence-electron chi connectivity index (χ4n) is 2.08. The van der Waals surface area contributed by atoms with Crippen LogP contribution in [0.2, 0.25) is 0 Å². The topological polar surface area (TPSA) is 72.7 Å². The molecule has 6 nitrogen and oxygen atoms in total. The number of rotatable bonds is 2. The largest absolute Gasteiger partial charge is 0.297 e. The van der Waals surface area contributed by atoms with Crippen LogP contribution in [0.5, 0.6) is 0 Å². The van der Waals surface area contributed by atoms with Gasteiger partial charge in [0, 0.05) is 28.1 Å². The smallest absolute Gasteiger partial charge is 0.248 e. The average Bonchev–Trinajstić information content (AvgIpc) is 2.85. The molecular weight excluding hydrogens is 438 g/mol. The first kappa shape index (κ1) is 15.3. The number of tetrazole rings is 1. The number of carbonyl (C=O) groups excluding carboxylic acids is 1. The van der Waals surface area contributed by atoms with Crippen LogP contribution in [0.1, 0.15) is 15.9 Å². The van der Waals surface area contributed by atoms with Crippen LogP contribution in [-0.4, -0.2) is 26.1 Å². The Balaban J connectivity index is 0.00000161.